The van der Waals surface area contributed by atoms with Crippen molar-refractivity contribution in [3.8, 4) is 0 Å². The van der Waals surface area contributed by atoms with Crippen molar-refractivity contribution in [1.82, 2.24) is 15.3 Å². The smallest absolute Gasteiger partial charge is 0.269 e. The molecule has 0 saturated heterocycles. The minimum absolute atomic E-state index is 0.220. The van der Waals surface area contributed by atoms with E-state index >= 15 is 0 Å². The van der Waals surface area contributed by atoms with E-state index in [-0.39, 0.29) is 17.8 Å². The molecular weight excluding hydrogens is 335 g/mol. The highest BCUT2D eigenvalue weighted by atomic mass is 19.1. The molecule has 2 aromatic carbocycles. The number of rotatable bonds is 5. The Labute approximate surface area is 149 Å². The average Bonchev–Trinajstić information content (AvgIpc) is 3.27. The molecule has 3 aromatic rings. The molecule has 1 aromatic heterocycles. The molecule has 7 heteroatoms. The number of nitrogens with one attached hydrogen (secondary N) is 2. The zero-order valence-electron chi connectivity index (χ0n) is 13.9. The van der Waals surface area contributed by atoms with E-state index in [1.807, 2.05) is 24.3 Å². The molecule has 0 bridgehead atoms. The van der Waals surface area contributed by atoms with E-state index in [0.29, 0.717) is 25.1 Å². The first-order valence-corrected chi connectivity index (χ1v) is 8.36. The summed E-state index contributed by atoms with van der Waals surface area (Å²) in [6.45, 7) is 0.312. The fraction of sp³-hybridized carbons (Fsp3) is 0.211. The SMILES string of the molecule is O=C(NCc1ccc(F)cc1)C1=NO[C@H](Cc2nc3ccccc3[nH]2)C1. The van der Waals surface area contributed by atoms with Crippen molar-refractivity contribution in [1.29, 1.82) is 0 Å². The van der Waals surface area contributed by atoms with Gasteiger partial charge in [0.25, 0.3) is 5.91 Å². The number of halogens is 1. The molecular formula is C19H17FN4O2. The Balaban J connectivity index is 1.31. The maximum atomic E-state index is 12.9. The minimum Gasteiger partial charge on any atom is -0.391 e. The molecule has 0 radical (unpaired) electrons. The molecule has 1 aliphatic rings. The van der Waals surface area contributed by atoms with Crippen molar-refractivity contribution in [2.75, 3.05) is 0 Å². The highest BCUT2D eigenvalue weighted by Crippen LogP contribution is 2.17. The van der Waals surface area contributed by atoms with Crippen LogP contribution in [0.3, 0.4) is 0 Å². The number of para-hydroxylation sites is 2. The summed E-state index contributed by atoms with van der Waals surface area (Å²) in [6.07, 6.45) is 0.751. The molecule has 4 rings (SSSR count). The lowest BCUT2D eigenvalue weighted by molar-refractivity contribution is -0.115. The van der Waals surface area contributed by atoms with Gasteiger partial charge in [-0.05, 0) is 29.8 Å². The first-order valence-electron chi connectivity index (χ1n) is 8.36. The van der Waals surface area contributed by atoms with Gasteiger partial charge in [-0.1, -0.05) is 29.4 Å². The van der Waals surface area contributed by atoms with Gasteiger partial charge in [-0.15, -0.1) is 0 Å². The van der Waals surface area contributed by atoms with Gasteiger partial charge in [0, 0.05) is 19.4 Å². The number of benzene rings is 2. The second-order valence-corrected chi connectivity index (χ2v) is 6.18. The third-order valence-corrected chi connectivity index (χ3v) is 4.22. The molecule has 0 fully saturated rings. The van der Waals surface area contributed by atoms with Crippen LogP contribution >= 0.6 is 0 Å². The highest BCUT2D eigenvalue weighted by molar-refractivity contribution is 6.39. The van der Waals surface area contributed by atoms with Crippen molar-refractivity contribution in [3.05, 3.63) is 65.7 Å². The van der Waals surface area contributed by atoms with Crippen molar-refractivity contribution in [2.45, 2.75) is 25.5 Å². The fourth-order valence-electron chi connectivity index (χ4n) is 2.88. The van der Waals surface area contributed by atoms with E-state index in [1.165, 1.54) is 12.1 Å². The van der Waals surface area contributed by atoms with Gasteiger partial charge in [0.1, 0.15) is 23.5 Å². The summed E-state index contributed by atoms with van der Waals surface area (Å²) in [5.74, 6) is 0.225. The van der Waals surface area contributed by atoms with Gasteiger partial charge in [-0.3, -0.25) is 4.79 Å². The van der Waals surface area contributed by atoms with Gasteiger partial charge < -0.3 is 15.1 Å². The summed E-state index contributed by atoms with van der Waals surface area (Å²) in [4.78, 5) is 25.3. The third kappa shape index (κ3) is 3.56. The van der Waals surface area contributed by atoms with E-state index < -0.39 is 0 Å². The highest BCUT2D eigenvalue weighted by Gasteiger charge is 2.27. The van der Waals surface area contributed by atoms with Crippen LogP contribution in [-0.4, -0.2) is 27.7 Å². The van der Waals surface area contributed by atoms with Gasteiger partial charge in [0.15, 0.2) is 0 Å². The number of H-pyrrole nitrogens is 1. The largest absolute Gasteiger partial charge is 0.391 e. The average molecular weight is 352 g/mol. The summed E-state index contributed by atoms with van der Waals surface area (Å²) >= 11 is 0. The molecule has 0 aliphatic carbocycles. The Morgan fingerprint density at radius 3 is 2.85 bits per heavy atom. The molecule has 0 unspecified atom stereocenters. The van der Waals surface area contributed by atoms with Crippen LogP contribution in [0.15, 0.2) is 53.7 Å². The Kier molecular flexibility index (Phi) is 4.35. The standard InChI is InChI=1S/C19H17FN4O2/c20-13-7-5-12(6-8-13)11-21-19(25)17-9-14(26-24-17)10-18-22-15-3-1-2-4-16(15)23-18/h1-8,14H,9-11H2,(H,21,25)(H,22,23)/t14-/m0/s1. The van der Waals surface area contributed by atoms with E-state index in [4.69, 9.17) is 4.84 Å². The summed E-state index contributed by atoms with van der Waals surface area (Å²) in [7, 11) is 0. The molecule has 6 nitrogen and oxygen atoms in total. The number of imidazole rings is 1. The number of carbonyl (C=O) groups is 1. The maximum absolute atomic E-state index is 12.9. The van der Waals surface area contributed by atoms with Crippen molar-refractivity contribution in [2.24, 2.45) is 5.16 Å². The lowest BCUT2D eigenvalue weighted by Gasteiger charge is -2.06. The molecule has 1 atom stereocenters. The van der Waals surface area contributed by atoms with Gasteiger partial charge in [-0.2, -0.15) is 0 Å². The number of hydrogen-bond acceptors (Lipinski definition) is 4. The Morgan fingerprint density at radius 2 is 2.04 bits per heavy atom. The van der Waals surface area contributed by atoms with Crippen LogP contribution < -0.4 is 5.32 Å². The molecule has 1 amide bonds. The summed E-state index contributed by atoms with van der Waals surface area (Å²) in [5, 5.41) is 6.67. The van der Waals surface area contributed by atoms with Gasteiger partial charge in [0.2, 0.25) is 0 Å². The van der Waals surface area contributed by atoms with Crippen LogP contribution in [0.1, 0.15) is 17.8 Å². The molecule has 1 aliphatic heterocycles. The van der Waals surface area contributed by atoms with Crippen LogP contribution in [-0.2, 0) is 22.6 Å². The van der Waals surface area contributed by atoms with E-state index in [9.17, 15) is 9.18 Å². The lowest BCUT2D eigenvalue weighted by atomic mass is 10.1. The predicted molar refractivity (Wildman–Crippen MR) is 95.0 cm³/mol. The first kappa shape index (κ1) is 16.3. The Hall–Kier alpha value is -3.22. The van der Waals surface area contributed by atoms with Crippen molar-refractivity contribution in [3.63, 3.8) is 0 Å². The third-order valence-electron chi connectivity index (χ3n) is 4.22. The number of fused-ring (bicyclic) bond motifs is 1. The number of aromatic nitrogens is 2. The summed E-state index contributed by atoms with van der Waals surface area (Å²) < 4.78 is 12.9. The number of oxime groups is 1. The number of amides is 1. The van der Waals surface area contributed by atoms with Crippen LogP contribution in [0.25, 0.3) is 11.0 Å². The minimum atomic E-state index is -0.304. The molecule has 2 heterocycles. The van der Waals surface area contributed by atoms with Crippen LogP contribution in [0.5, 0.6) is 0 Å². The normalized spacial score (nSPS) is 16.3. The monoisotopic (exact) mass is 352 g/mol. The second kappa shape index (κ2) is 6.95. The van der Waals surface area contributed by atoms with Gasteiger partial charge >= 0.3 is 0 Å². The quantitative estimate of drug-likeness (QED) is 0.741. The second-order valence-electron chi connectivity index (χ2n) is 6.18. The zero-order valence-corrected chi connectivity index (χ0v) is 13.9. The molecule has 0 saturated carbocycles. The maximum Gasteiger partial charge on any atom is 0.269 e. The van der Waals surface area contributed by atoms with Crippen LogP contribution in [0.4, 0.5) is 4.39 Å². The topological polar surface area (TPSA) is 79.4 Å². The lowest BCUT2D eigenvalue weighted by Crippen LogP contribution is -2.30. The fourth-order valence-corrected chi connectivity index (χ4v) is 2.88. The van der Waals surface area contributed by atoms with Gasteiger partial charge in [-0.25, -0.2) is 9.37 Å². The number of carbonyl (C=O) groups excluding carboxylic acids is 1. The first-order chi connectivity index (χ1) is 12.7. The molecule has 26 heavy (non-hydrogen) atoms. The van der Waals surface area contributed by atoms with Gasteiger partial charge in [0.05, 0.1) is 11.0 Å². The van der Waals surface area contributed by atoms with Crippen molar-refractivity contribution < 1.29 is 14.0 Å². The zero-order chi connectivity index (χ0) is 17.9. The van der Waals surface area contributed by atoms with E-state index in [0.717, 1.165) is 22.4 Å². The Bertz CT molecular complexity index is 932. The Morgan fingerprint density at radius 1 is 1.23 bits per heavy atom. The summed E-state index contributed by atoms with van der Waals surface area (Å²) in [5.41, 5.74) is 3.05. The predicted octanol–water partition coefficient (Wildman–Crippen LogP) is 2.71. The van der Waals surface area contributed by atoms with E-state index in [2.05, 4.69) is 20.4 Å². The molecule has 132 valence electrons. The number of hydrogen-bond donors (Lipinski definition) is 2. The molecule has 0 spiro atoms. The number of nitrogens with zero attached hydrogens (tertiary/aromatic N) is 2. The number of aromatic amines is 1. The van der Waals surface area contributed by atoms with Crippen LogP contribution in [0, 0.1) is 5.82 Å². The summed E-state index contributed by atoms with van der Waals surface area (Å²) in [6, 6.07) is 13.8. The van der Waals surface area contributed by atoms with Crippen LogP contribution in [0.2, 0.25) is 0 Å². The molecule has 2 N–H and O–H groups in total. The van der Waals surface area contributed by atoms with E-state index in [1.54, 1.807) is 12.1 Å². The van der Waals surface area contributed by atoms with Crippen molar-refractivity contribution >= 4 is 22.7 Å².